The molecule has 13 heavy (non-hydrogen) atoms. The third-order valence-corrected chi connectivity index (χ3v) is 2.95. The lowest BCUT2D eigenvalue weighted by atomic mass is 9.82. The van der Waals surface area contributed by atoms with Crippen LogP contribution in [0.1, 0.15) is 37.2 Å². The Morgan fingerprint density at radius 2 is 1.85 bits per heavy atom. The fourth-order valence-electron chi connectivity index (χ4n) is 2.22. The Morgan fingerprint density at radius 3 is 2.54 bits per heavy atom. The normalized spacial score (nSPS) is 28.7. The molecule has 0 aromatic heterocycles. The van der Waals surface area contributed by atoms with E-state index in [4.69, 9.17) is 5.73 Å². The van der Waals surface area contributed by atoms with Crippen LogP contribution in [0, 0.1) is 0 Å². The average Bonchev–Trinajstić information content (AvgIpc) is 2.19. The lowest BCUT2D eigenvalue weighted by molar-refractivity contribution is 0.386. The molecule has 0 spiro atoms. The van der Waals surface area contributed by atoms with Gasteiger partial charge in [-0.15, -0.1) is 0 Å². The summed E-state index contributed by atoms with van der Waals surface area (Å²) in [7, 11) is 0. The molecule has 2 unspecified atom stereocenters. The molecule has 0 heterocycles. The van der Waals surface area contributed by atoms with Crippen LogP contribution in [0.5, 0.6) is 0 Å². The molecule has 1 fully saturated rings. The van der Waals surface area contributed by atoms with E-state index in [1.165, 1.54) is 18.4 Å². The van der Waals surface area contributed by atoms with E-state index in [0.29, 0.717) is 5.92 Å². The Morgan fingerprint density at radius 1 is 1.08 bits per heavy atom. The zero-order valence-electron chi connectivity index (χ0n) is 7.87. The summed E-state index contributed by atoms with van der Waals surface area (Å²) in [5, 5.41) is 0. The largest absolute Gasteiger partial charge is 0.254 e. The average molecular weight is 174 g/mol. The molecule has 0 aliphatic heterocycles. The van der Waals surface area contributed by atoms with Crippen LogP contribution in [-0.4, -0.2) is 6.04 Å². The molecule has 1 aromatic rings. The van der Waals surface area contributed by atoms with E-state index in [1.54, 1.807) is 0 Å². The SMILES string of the molecule is [NH]C1CCCC(c2ccccc2)C1. The van der Waals surface area contributed by atoms with Crippen LogP contribution in [0.2, 0.25) is 0 Å². The van der Waals surface area contributed by atoms with Crippen LogP contribution in [-0.2, 0) is 0 Å². The van der Waals surface area contributed by atoms with E-state index in [9.17, 15) is 0 Å². The molecule has 2 atom stereocenters. The Bertz CT molecular complexity index is 255. The van der Waals surface area contributed by atoms with E-state index in [0.717, 1.165) is 12.8 Å². The highest BCUT2D eigenvalue weighted by molar-refractivity contribution is 5.20. The lowest BCUT2D eigenvalue weighted by Crippen LogP contribution is -2.19. The van der Waals surface area contributed by atoms with Gasteiger partial charge in [0.05, 0.1) is 0 Å². The first-order chi connectivity index (χ1) is 6.36. The topological polar surface area (TPSA) is 23.8 Å². The van der Waals surface area contributed by atoms with E-state index in [2.05, 4.69) is 30.3 Å². The fraction of sp³-hybridized carbons (Fsp3) is 0.500. The van der Waals surface area contributed by atoms with Crippen LogP contribution in [0.25, 0.3) is 0 Å². The standard InChI is InChI=1S/C12H16N/c13-12-8-4-7-11(9-12)10-5-2-1-3-6-10/h1-3,5-6,11-13H,4,7-9H2. The Labute approximate surface area is 80.0 Å². The second-order valence-corrected chi connectivity index (χ2v) is 3.97. The van der Waals surface area contributed by atoms with E-state index < -0.39 is 0 Å². The zero-order valence-corrected chi connectivity index (χ0v) is 7.87. The molecule has 1 radical (unpaired) electrons. The van der Waals surface area contributed by atoms with Crippen LogP contribution in [0.4, 0.5) is 0 Å². The Hall–Kier alpha value is -0.820. The highest BCUT2D eigenvalue weighted by Gasteiger charge is 2.20. The van der Waals surface area contributed by atoms with Crippen molar-refractivity contribution in [3.8, 4) is 0 Å². The summed E-state index contributed by atoms with van der Waals surface area (Å²) in [4.78, 5) is 0. The van der Waals surface area contributed by atoms with Crippen molar-refractivity contribution in [2.75, 3.05) is 0 Å². The Balaban J connectivity index is 2.08. The van der Waals surface area contributed by atoms with Gasteiger partial charge in [-0.25, -0.2) is 0 Å². The molecule has 2 rings (SSSR count). The number of hydrogen-bond acceptors (Lipinski definition) is 0. The second kappa shape index (κ2) is 3.93. The summed E-state index contributed by atoms with van der Waals surface area (Å²) in [6.07, 6.45) is 4.67. The minimum Gasteiger partial charge on any atom is -0.254 e. The first-order valence-corrected chi connectivity index (χ1v) is 5.12. The summed E-state index contributed by atoms with van der Waals surface area (Å²) >= 11 is 0. The second-order valence-electron chi connectivity index (χ2n) is 3.97. The molecular formula is C12H16N. The van der Waals surface area contributed by atoms with E-state index in [1.807, 2.05) is 0 Å². The van der Waals surface area contributed by atoms with E-state index >= 15 is 0 Å². The molecule has 0 amide bonds. The quantitative estimate of drug-likeness (QED) is 0.625. The van der Waals surface area contributed by atoms with E-state index in [-0.39, 0.29) is 6.04 Å². The molecule has 1 aromatic carbocycles. The monoisotopic (exact) mass is 174 g/mol. The molecule has 1 N–H and O–H groups in total. The predicted molar refractivity (Wildman–Crippen MR) is 54.5 cm³/mol. The van der Waals surface area contributed by atoms with Gasteiger partial charge in [-0.3, -0.25) is 5.73 Å². The molecule has 0 saturated heterocycles. The summed E-state index contributed by atoms with van der Waals surface area (Å²) in [6, 6.07) is 10.8. The van der Waals surface area contributed by atoms with Gasteiger partial charge in [-0.2, -0.15) is 0 Å². The first-order valence-electron chi connectivity index (χ1n) is 5.12. The van der Waals surface area contributed by atoms with Gasteiger partial charge in [0, 0.05) is 6.04 Å². The van der Waals surface area contributed by atoms with Crippen molar-refractivity contribution in [1.82, 2.24) is 5.73 Å². The van der Waals surface area contributed by atoms with Gasteiger partial charge in [-0.1, -0.05) is 36.8 Å². The number of hydrogen-bond donors (Lipinski definition) is 0. The zero-order chi connectivity index (χ0) is 9.10. The van der Waals surface area contributed by atoms with Gasteiger partial charge in [0.15, 0.2) is 0 Å². The summed E-state index contributed by atoms with van der Waals surface area (Å²) < 4.78 is 0. The third-order valence-electron chi connectivity index (χ3n) is 2.95. The van der Waals surface area contributed by atoms with Crippen molar-refractivity contribution in [1.29, 1.82) is 0 Å². The molecule has 1 nitrogen and oxygen atoms in total. The maximum Gasteiger partial charge on any atom is 0.0218 e. The summed E-state index contributed by atoms with van der Waals surface area (Å²) in [6.45, 7) is 0. The van der Waals surface area contributed by atoms with Crippen LogP contribution in [0.15, 0.2) is 30.3 Å². The van der Waals surface area contributed by atoms with Gasteiger partial charge in [0.1, 0.15) is 0 Å². The van der Waals surface area contributed by atoms with Crippen molar-refractivity contribution in [3.63, 3.8) is 0 Å². The summed E-state index contributed by atoms with van der Waals surface area (Å²) in [5.74, 6) is 0.650. The van der Waals surface area contributed by atoms with Crippen molar-refractivity contribution >= 4 is 0 Å². The lowest BCUT2D eigenvalue weighted by Gasteiger charge is -2.26. The third kappa shape index (κ3) is 2.10. The smallest absolute Gasteiger partial charge is 0.0218 e. The van der Waals surface area contributed by atoms with Crippen LogP contribution < -0.4 is 5.73 Å². The highest BCUT2D eigenvalue weighted by atomic mass is 14.6. The van der Waals surface area contributed by atoms with Gasteiger partial charge >= 0.3 is 0 Å². The number of rotatable bonds is 1. The number of benzene rings is 1. The fourth-order valence-corrected chi connectivity index (χ4v) is 2.22. The minimum atomic E-state index is 0.180. The van der Waals surface area contributed by atoms with Crippen LogP contribution in [0.3, 0.4) is 0 Å². The van der Waals surface area contributed by atoms with Crippen molar-refractivity contribution in [2.24, 2.45) is 0 Å². The van der Waals surface area contributed by atoms with Crippen molar-refractivity contribution in [3.05, 3.63) is 35.9 Å². The van der Waals surface area contributed by atoms with Crippen LogP contribution >= 0.6 is 0 Å². The molecule has 1 aliphatic carbocycles. The van der Waals surface area contributed by atoms with Crippen molar-refractivity contribution in [2.45, 2.75) is 37.6 Å². The molecule has 1 heteroatoms. The minimum absolute atomic E-state index is 0.180. The van der Waals surface area contributed by atoms with Gasteiger partial charge < -0.3 is 0 Å². The van der Waals surface area contributed by atoms with Crippen molar-refractivity contribution < 1.29 is 0 Å². The molecule has 1 saturated carbocycles. The first kappa shape index (κ1) is 8.76. The molecule has 0 bridgehead atoms. The van der Waals surface area contributed by atoms with Gasteiger partial charge in [0.2, 0.25) is 0 Å². The Kier molecular flexibility index (Phi) is 2.65. The predicted octanol–water partition coefficient (Wildman–Crippen LogP) is 3.00. The molecule has 69 valence electrons. The van der Waals surface area contributed by atoms with Gasteiger partial charge in [0.25, 0.3) is 0 Å². The molecule has 1 aliphatic rings. The highest BCUT2D eigenvalue weighted by Crippen LogP contribution is 2.32. The number of nitrogens with one attached hydrogen (secondary N) is 1. The summed E-state index contributed by atoms with van der Waals surface area (Å²) in [5.41, 5.74) is 9.18. The maximum absolute atomic E-state index is 7.75. The molecular weight excluding hydrogens is 158 g/mol. The van der Waals surface area contributed by atoms with Gasteiger partial charge in [-0.05, 0) is 30.7 Å². The maximum atomic E-state index is 7.75.